The maximum Gasteiger partial charge on any atom is 0.338 e. The molecular formula is C15H14N2O2. The molecule has 4 heteroatoms. The van der Waals surface area contributed by atoms with Gasteiger partial charge in [-0.1, -0.05) is 6.07 Å². The number of hydrogen-bond acceptors (Lipinski definition) is 4. The van der Waals surface area contributed by atoms with E-state index in [1.165, 1.54) is 0 Å². The Bertz CT molecular complexity index is 562. The van der Waals surface area contributed by atoms with Crippen molar-refractivity contribution in [3.8, 4) is 0 Å². The van der Waals surface area contributed by atoms with Gasteiger partial charge in [0, 0.05) is 6.20 Å². The van der Waals surface area contributed by atoms with Crippen molar-refractivity contribution in [3.05, 3.63) is 59.9 Å². The fraction of sp³-hybridized carbons (Fsp3) is 0.133. The average Bonchev–Trinajstić information content (AvgIpc) is 2.47. The van der Waals surface area contributed by atoms with Gasteiger partial charge >= 0.3 is 5.97 Å². The second-order valence-electron chi connectivity index (χ2n) is 3.78. The molecule has 0 aliphatic rings. The Morgan fingerprint density at radius 1 is 1.26 bits per heavy atom. The summed E-state index contributed by atoms with van der Waals surface area (Å²) in [4.78, 5) is 19.9. The van der Waals surface area contributed by atoms with Gasteiger partial charge in [-0.2, -0.15) is 0 Å². The number of hydrogen-bond donors (Lipinski definition) is 0. The van der Waals surface area contributed by atoms with Crippen LogP contribution in [0.3, 0.4) is 0 Å². The zero-order valence-corrected chi connectivity index (χ0v) is 10.6. The Morgan fingerprint density at radius 2 is 2.05 bits per heavy atom. The lowest BCUT2D eigenvalue weighted by Crippen LogP contribution is -2.03. The normalized spacial score (nSPS) is 10.6. The van der Waals surface area contributed by atoms with Crippen molar-refractivity contribution < 1.29 is 9.53 Å². The monoisotopic (exact) mass is 254 g/mol. The molecule has 0 bridgehead atoms. The van der Waals surface area contributed by atoms with Crippen molar-refractivity contribution in [2.75, 3.05) is 6.61 Å². The minimum absolute atomic E-state index is 0.317. The lowest BCUT2D eigenvalue weighted by molar-refractivity contribution is 0.0526. The van der Waals surface area contributed by atoms with Gasteiger partial charge < -0.3 is 4.74 Å². The van der Waals surface area contributed by atoms with Crippen LogP contribution >= 0.6 is 0 Å². The van der Waals surface area contributed by atoms with Gasteiger partial charge in [0.05, 0.1) is 29.8 Å². The summed E-state index contributed by atoms with van der Waals surface area (Å²) in [6, 6.07) is 12.6. The van der Waals surface area contributed by atoms with Gasteiger partial charge in [-0.25, -0.2) is 4.79 Å². The van der Waals surface area contributed by atoms with Crippen LogP contribution in [0.4, 0.5) is 5.69 Å². The number of carbonyl (C=O) groups is 1. The highest BCUT2D eigenvalue weighted by Gasteiger charge is 2.04. The number of rotatable bonds is 4. The van der Waals surface area contributed by atoms with E-state index in [4.69, 9.17) is 4.74 Å². The average molecular weight is 254 g/mol. The molecule has 0 aliphatic carbocycles. The summed E-state index contributed by atoms with van der Waals surface area (Å²) in [5, 5.41) is 0. The van der Waals surface area contributed by atoms with Crippen LogP contribution in [0.2, 0.25) is 0 Å². The highest BCUT2D eigenvalue weighted by molar-refractivity contribution is 5.90. The molecule has 0 aliphatic heterocycles. The number of aromatic nitrogens is 1. The Kier molecular flexibility index (Phi) is 4.39. The van der Waals surface area contributed by atoms with E-state index in [0.29, 0.717) is 12.2 Å². The fourth-order valence-electron chi connectivity index (χ4n) is 1.49. The first-order chi connectivity index (χ1) is 9.29. The fourth-order valence-corrected chi connectivity index (χ4v) is 1.49. The van der Waals surface area contributed by atoms with E-state index in [1.54, 1.807) is 43.6 Å². The standard InChI is InChI=1S/C15H14N2O2/c1-2-19-15(18)12-6-8-13(9-7-12)17-11-14-5-3-4-10-16-14/h3-11H,2H2,1H3. The Labute approximate surface area is 111 Å². The first-order valence-corrected chi connectivity index (χ1v) is 6.02. The van der Waals surface area contributed by atoms with Gasteiger partial charge in [-0.3, -0.25) is 9.98 Å². The smallest absolute Gasteiger partial charge is 0.338 e. The molecule has 0 unspecified atom stereocenters. The van der Waals surface area contributed by atoms with E-state index < -0.39 is 0 Å². The molecule has 0 atom stereocenters. The van der Waals surface area contributed by atoms with E-state index in [-0.39, 0.29) is 5.97 Å². The number of pyridine rings is 1. The molecule has 0 spiro atoms. The van der Waals surface area contributed by atoms with Gasteiger partial charge in [0.25, 0.3) is 0 Å². The lowest BCUT2D eigenvalue weighted by Gasteiger charge is -2.01. The van der Waals surface area contributed by atoms with Crippen molar-refractivity contribution in [2.24, 2.45) is 4.99 Å². The highest BCUT2D eigenvalue weighted by Crippen LogP contribution is 2.13. The zero-order valence-electron chi connectivity index (χ0n) is 10.6. The molecule has 1 aromatic heterocycles. The molecule has 0 radical (unpaired) electrons. The van der Waals surface area contributed by atoms with E-state index in [0.717, 1.165) is 11.4 Å². The van der Waals surface area contributed by atoms with Gasteiger partial charge in [-0.05, 0) is 43.3 Å². The summed E-state index contributed by atoms with van der Waals surface area (Å²) in [7, 11) is 0. The van der Waals surface area contributed by atoms with Crippen LogP contribution in [0.15, 0.2) is 53.7 Å². The Hall–Kier alpha value is -2.49. The third kappa shape index (κ3) is 3.74. The van der Waals surface area contributed by atoms with Crippen molar-refractivity contribution >= 4 is 17.9 Å². The predicted molar refractivity (Wildman–Crippen MR) is 73.9 cm³/mol. The van der Waals surface area contributed by atoms with Crippen LogP contribution < -0.4 is 0 Å². The molecule has 2 aromatic rings. The first kappa shape index (κ1) is 13.0. The van der Waals surface area contributed by atoms with E-state index >= 15 is 0 Å². The number of aliphatic imine (C=N–C) groups is 1. The summed E-state index contributed by atoms with van der Waals surface area (Å²) < 4.78 is 4.91. The molecule has 96 valence electrons. The van der Waals surface area contributed by atoms with Crippen LogP contribution in [0, 0.1) is 0 Å². The van der Waals surface area contributed by atoms with Gasteiger partial charge in [0.1, 0.15) is 0 Å². The predicted octanol–water partition coefficient (Wildman–Crippen LogP) is 3.01. The second-order valence-corrected chi connectivity index (χ2v) is 3.78. The lowest BCUT2D eigenvalue weighted by atomic mass is 10.2. The van der Waals surface area contributed by atoms with Crippen molar-refractivity contribution in [3.63, 3.8) is 0 Å². The topological polar surface area (TPSA) is 51.5 Å². The molecule has 4 nitrogen and oxygen atoms in total. The first-order valence-electron chi connectivity index (χ1n) is 6.02. The zero-order chi connectivity index (χ0) is 13.5. The minimum Gasteiger partial charge on any atom is -0.462 e. The van der Waals surface area contributed by atoms with Crippen LogP contribution in [0.25, 0.3) is 0 Å². The summed E-state index contributed by atoms with van der Waals surface area (Å²) in [5.74, 6) is -0.317. The third-order valence-electron chi connectivity index (χ3n) is 2.41. The minimum atomic E-state index is -0.317. The molecule has 19 heavy (non-hydrogen) atoms. The molecule has 0 N–H and O–H groups in total. The van der Waals surface area contributed by atoms with Crippen LogP contribution in [-0.2, 0) is 4.74 Å². The highest BCUT2D eigenvalue weighted by atomic mass is 16.5. The van der Waals surface area contributed by atoms with E-state index in [1.807, 2.05) is 18.2 Å². The summed E-state index contributed by atoms with van der Waals surface area (Å²) >= 11 is 0. The number of ether oxygens (including phenoxy) is 1. The number of carbonyl (C=O) groups excluding carboxylic acids is 1. The van der Waals surface area contributed by atoms with E-state index in [2.05, 4.69) is 9.98 Å². The summed E-state index contributed by atoms with van der Waals surface area (Å²) in [5.41, 5.74) is 2.08. The molecule has 1 aromatic carbocycles. The quantitative estimate of drug-likeness (QED) is 0.622. The van der Waals surface area contributed by atoms with Crippen molar-refractivity contribution in [1.82, 2.24) is 4.98 Å². The Morgan fingerprint density at radius 3 is 2.68 bits per heavy atom. The maximum atomic E-state index is 11.5. The number of nitrogens with zero attached hydrogens (tertiary/aromatic N) is 2. The molecule has 2 rings (SSSR count). The number of benzene rings is 1. The molecule has 1 heterocycles. The van der Waals surface area contributed by atoms with Crippen LogP contribution in [-0.4, -0.2) is 23.8 Å². The summed E-state index contributed by atoms with van der Waals surface area (Å²) in [6.45, 7) is 2.15. The SMILES string of the molecule is CCOC(=O)c1ccc(N=Cc2ccccn2)cc1. The second kappa shape index (κ2) is 6.44. The van der Waals surface area contributed by atoms with Crippen molar-refractivity contribution in [1.29, 1.82) is 0 Å². The third-order valence-corrected chi connectivity index (χ3v) is 2.41. The molecule has 0 fully saturated rings. The van der Waals surface area contributed by atoms with E-state index in [9.17, 15) is 4.79 Å². The van der Waals surface area contributed by atoms with Gasteiger partial charge in [0.15, 0.2) is 0 Å². The molecule has 0 saturated heterocycles. The largest absolute Gasteiger partial charge is 0.462 e. The van der Waals surface area contributed by atoms with Crippen LogP contribution in [0.1, 0.15) is 23.0 Å². The molecule has 0 amide bonds. The Balaban J connectivity index is 2.07. The maximum absolute atomic E-state index is 11.5. The van der Waals surface area contributed by atoms with Crippen LogP contribution in [0.5, 0.6) is 0 Å². The summed E-state index contributed by atoms with van der Waals surface area (Å²) in [6.07, 6.45) is 3.39. The molecular weight excluding hydrogens is 240 g/mol. The van der Waals surface area contributed by atoms with Crippen molar-refractivity contribution in [2.45, 2.75) is 6.92 Å². The number of esters is 1. The van der Waals surface area contributed by atoms with Gasteiger partial charge in [-0.15, -0.1) is 0 Å². The van der Waals surface area contributed by atoms with Gasteiger partial charge in [0.2, 0.25) is 0 Å². The molecule has 0 saturated carbocycles.